The SMILES string of the molecule is CC(NC(=O)Cc1ccc(-n2cccn2)c(O)c1)c1ccc(OCC(F)(F)F)cn1. The number of carbonyl (C=O) groups excluding carboxylic acids is 1. The fourth-order valence-electron chi connectivity index (χ4n) is 2.73. The summed E-state index contributed by atoms with van der Waals surface area (Å²) in [5.41, 5.74) is 1.58. The summed E-state index contributed by atoms with van der Waals surface area (Å²) in [6, 6.07) is 8.98. The Bertz CT molecular complexity index is 990. The molecule has 30 heavy (non-hydrogen) atoms. The first-order valence-corrected chi connectivity index (χ1v) is 8.98. The van der Waals surface area contributed by atoms with E-state index >= 15 is 0 Å². The molecule has 1 atom stereocenters. The van der Waals surface area contributed by atoms with Crippen LogP contribution in [0.25, 0.3) is 5.69 Å². The summed E-state index contributed by atoms with van der Waals surface area (Å²) in [6.45, 7) is 0.307. The van der Waals surface area contributed by atoms with Gasteiger partial charge in [0.2, 0.25) is 5.91 Å². The predicted molar refractivity (Wildman–Crippen MR) is 101 cm³/mol. The number of aromatic hydroxyl groups is 1. The van der Waals surface area contributed by atoms with Crippen LogP contribution >= 0.6 is 0 Å². The normalized spacial score (nSPS) is 12.4. The van der Waals surface area contributed by atoms with Crippen molar-refractivity contribution >= 4 is 5.91 Å². The number of nitrogens with zero attached hydrogens (tertiary/aromatic N) is 3. The van der Waals surface area contributed by atoms with E-state index in [1.54, 1.807) is 37.5 Å². The van der Waals surface area contributed by atoms with E-state index in [2.05, 4.69) is 20.1 Å². The molecule has 3 aromatic rings. The molecule has 158 valence electrons. The molecule has 0 aliphatic heterocycles. The van der Waals surface area contributed by atoms with Crippen molar-refractivity contribution in [3.05, 3.63) is 66.2 Å². The van der Waals surface area contributed by atoms with Gasteiger partial charge in [0.1, 0.15) is 17.2 Å². The number of phenolic OH excluding ortho intramolecular Hbond substituents is 1. The highest BCUT2D eigenvalue weighted by atomic mass is 19.4. The van der Waals surface area contributed by atoms with Gasteiger partial charge in [-0.15, -0.1) is 0 Å². The average Bonchev–Trinajstić information content (AvgIpc) is 3.20. The molecule has 0 fully saturated rings. The minimum absolute atomic E-state index is 0.00633. The van der Waals surface area contributed by atoms with Gasteiger partial charge in [-0.05, 0) is 42.8 Å². The molecule has 2 heterocycles. The van der Waals surface area contributed by atoms with E-state index < -0.39 is 18.8 Å². The summed E-state index contributed by atoms with van der Waals surface area (Å²) in [5.74, 6) is -0.316. The smallest absolute Gasteiger partial charge is 0.422 e. The van der Waals surface area contributed by atoms with Gasteiger partial charge in [-0.1, -0.05) is 6.07 Å². The van der Waals surface area contributed by atoms with Crippen molar-refractivity contribution in [2.24, 2.45) is 0 Å². The van der Waals surface area contributed by atoms with E-state index in [9.17, 15) is 23.1 Å². The fraction of sp³-hybridized carbons (Fsp3) is 0.250. The average molecular weight is 420 g/mol. The molecule has 0 spiro atoms. The minimum Gasteiger partial charge on any atom is -0.506 e. The standard InChI is InChI=1S/C20H19F3N4O3/c1-13(16-5-4-15(11-24-16)30-12-20(21,22)23)26-19(29)10-14-3-6-17(18(28)9-14)27-8-2-7-25-27/h2-9,11,13,28H,10,12H2,1H3,(H,26,29). The predicted octanol–water partition coefficient (Wildman–Crippen LogP) is 3.33. The van der Waals surface area contributed by atoms with E-state index in [0.29, 0.717) is 16.9 Å². The molecular formula is C20H19F3N4O3. The van der Waals surface area contributed by atoms with E-state index in [1.165, 1.54) is 29.1 Å². The van der Waals surface area contributed by atoms with Crippen LogP contribution < -0.4 is 10.1 Å². The molecule has 2 N–H and O–H groups in total. The summed E-state index contributed by atoms with van der Waals surface area (Å²) in [6.07, 6.45) is 0.0611. The summed E-state index contributed by atoms with van der Waals surface area (Å²) in [5, 5.41) is 17.0. The largest absolute Gasteiger partial charge is 0.506 e. The third-order valence-electron chi connectivity index (χ3n) is 4.14. The number of amides is 1. The number of benzene rings is 1. The highest BCUT2D eigenvalue weighted by Gasteiger charge is 2.28. The van der Waals surface area contributed by atoms with Crippen molar-refractivity contribution < 1.29 is 27.8 Å². The van der Waals surface area contributed by atoms with Gasteiger partial charge in [0.25, 0.3) is 0 Å². The molecule has 0 saturated heterocycles. The van der Waals surface area contributed by atoms with Crippen LogP contribution in [0.1, 0.15) is 24.2 Å². The summed E-state index contributed by atoms with van der Waals surface area (Å²) in [7, 11) is 0. The van der Waals surface area contributed by atoms with Crippen LogP contribution in [0.4, 0.5) is 13.2 Å². The van der Waals surface area contributed by atoms with Gasteiger partial charge in [-0.3, -0.25) is 9.78 Å². The Morgan fingerprint density at radius 2 is 2.10 bits per heavy atom. The van der Waals surface area contributed by atoms with Crippen LogP contribution in [0.3, 0.4) is 0 Å². The second-order valence-electron chi connectivity index (χ2n) is 6.56. The number of alkyl halides is 3. The summed E-state index contributed by atoms with van der Waals surface area (Å²) in [4.78, 5) is 16.3. The Hall–Kier alpha value is -3.56. The van der Waals surface area contributed by atoms with Gasteiger partial charge in [0.05, 0.1) is 24.4 Å². The zero-order valence-corrected chi connectivity index (χ0v) is 15.9. The molecule has 7 nitrogen and oxygen atoms in total. The monoisotopic (exact) mass is 420 g/mol. The number of nitrogens with one attached hydrogen (secondary N) is 1. The van der Waals surface area contributed by atoms with Gasteiger partial charge in [-0.2, -0.15) is 18.3 Å². The van der Waals surface area contributed by atoms with Crippen molar-refractivity contribution in [1.82, 2.24) is 20.1 Å². The van der Waals surface area contributed by atoms with E-state index in [0.717, 1.165) is 0 Å². The lowest BCUT2D eigenvalue weighted by Crippen LogP contribution is -2.28. The van der Waals surface area contributed by atoms with E-state index in [-0.39, 0.29) is 23.8 Å². The van der Waals surface area contributed by atoms with Crippen LogP contribution in [-0.4, -0.2) is 38.6 Å². The Morgan fingerprint density at radius 1 is 1.30 bits per heavy atom. The number of aromatic nitrogens is 3. The molecule has 1 unspecified atom stereocenters. The van der Waals surface area contributed by atoms with Crippen LogP contribution in [0.15, 0.2) is 55.0 Å². The second-order valence-corrected chi connectivity index (χ2v) is 6.56. The highest BCUT2D eigenvalue weighted by Crippen LogP contribution is 2.23. The van der Waals surface area contributed by atoms with Crippen molar-refractivity contribution in [3.8, 4) is 17.2 Å². The Morgan fingerprint density at radius 3 is 2.70 bits per heavy atom. The van der Waals surface area contributed by atoms with Crippen molar-refractivity contribution in [1.29, 1.82) is 0 Å². The maximum absolute atomic E-state index is 12.3. The lowest BCUT2D eigenvalue weighted by Gasteiger charge is -2.15. The van der Waals surface area contributed by atoms with Crippen LogP contribution in [-0.2, 0) is 11.2 Å². The van der Waals surface area contributed by atoms with Crippen LogP contribution in [0.2, 0.25) is 0 Å². The molecular weight excluding hydrogens is 401 g/mol. The first kappa shape index (κ1) is 21.2. The quantitative estimate of drug-likeness (QED) is 0.612. The Labute approximate surface area is 170 Å². The Balaban J connectivity index is 1.56. The van der Waals surface area contributed by atoms with Gasteiger partial charge >= 0.3 is 6.18 Å². The number of pyridine rings is 1. The topological polar surface area (TPSA) is 89.3 Å². The number of hydrogen-bond acceptors (Lipinski definition) is 5. The molecule has 10 heteroatoms. The number of ether oxygens (including phenoxy) is 1. The maximum atomic E-state index is 12.3. The van der Waals surface area contributed by atoms with Gasteiger partial charge in [0, 0.05) is 12.4 Å². The maximum Gasteiger partial charge on any atom is 0.422 e. The lowest BCUT2D eigenvalue weighted by atomic mass is 10.1. The Kier molecular flexibility index (Phi) is 6.24. The lowest BCUT2D eigenvalue weighted by molar-refractivity contribution is -0.153. The number of rotatable bonds is 7. The summed E-state index contributed by atoms with van der Waals surface area (Å²) >= 11 is 0. The van der Waals surface area contributed by atoms with Gasteiger partial charge in [0.15, 0.2) is 6.61 Å². The zero-order valence-electron chi connectivity index (χ0n) is 15.9. The van der Waals surface area contributed by atoms with Gasteiger partial charge < -0.3 is 15.2 Å². The van der Waals surface area contributed by atoms with Crippen LogP contribution in [0, 0.1) is 0 Å². The molecule has 1 amide bonds. The fourth-order valence-corrected chi connectivity index (χ4v) is 2.73. The molecule has 0 radical (unpaired) electrons. The molecule has 1 aromatic carbocycles. The molecule has 0 aliphatic carbocycles. The molecule has 3 rings (SSSR count). The number of phenols is 1. The van der Waals surface area contributed by atoms with E-state index in [4.69, 9.17) is 0 Å². The highest BCUT2D eigenvalue weighted by molar-refractivity contribution is 5.79. The molecule has 0 aliphatic rings. The van der Waals surface area contributed by atoms with Crippen molar-refractivity contribution in [2.45, 2.75) is 25.6 Å². The number of hydrogen-bond donors (Lipinski definition) is 2. The summed E-state index contributed by atoms with van der Waals surface area (Å²) < 4.78 is 42.6. The number of carbonyl (C=O) groups is 1. The van der Waals surface area contributed by atoms with Crippen molar-refractivity contribution in [2.75, 3.05) is 6.61 Å². The molecule has 0 saturated carbocycles. The molecule has 2 aromatic heterocycles. The molecule has 0 bridgehead atoms. The second kappa shape index (κ2) is 8.85. The third kappa shape index (κ3) is 5.72. The van der Waals surface area contributed by atoms with E-state index in [1.807, 2.05) is 0 Å². The first-order valence-electron chi connectivity index (χ1n) is 8.98. The van der Waals surface area contributed by atoms with Gasteiger partial charge in [-0.25, -0.2) is 4.68 Å². The zero-order chi connectivity index (χ0) is 21.7. The van der Waals surface area contributed by atoms with Crippen molar-refractivity contribution in [3.63, 3.8) is 0 Å². The van der Waals surface area contributed by atoms with Crippen LogP contribution in [0.5, 0.6) is 11.5 Å². The first-order chi connectivity index (χ1) is 14.2. The third-order valence-corrected chi connectivity index (χ3v) is 4.14. The number of halogens is 3. The minimum atomic E-state index is -4.43.